The van der Waals surface area contributed by atoms with E-state index >= 15 is 0 Å². The Bertz CT molecular complexity index is 613. The first kappa shape index (κ1) is 19.0. The maximum absolute atomic E-state index is 11.9. The molecule has 2 aliphatic heterocycles. The van der Waals surface area contributed by atoms with E-state index in [4.69, 9.17) is 16.8 Å². The fourth-order valence-electron chi connectivity index (χ4n) is 3.33. The Morgan fingerprint density at radius 2 is 2.08 bits per heavy atom. The van der Waals surface area contributed by atoms with Crippen molar-refractivity contribution in [2.24, 2.45) is 16.0 Å². The minimum atomic E-state index is -1.31. The second kappa shape index (κ2) is 8.70. The highest BCUT2D eigenvalue weighted by atomic mass is 32.2. The zero-order valence-corrected chi connectivity index (χ0v) is 14.5. The van der Waals surface area contributed by atoms with E-state index in [-0.39, 0.29) is 36.3 Å². The number of azide groups is 2. The summed E-state index contributed by atoms with van der Waals surface area (Å²) >= 11 is 1.78. The fourth-order valence-corrected chi connectivity index (χ4v) is 4.88. The number of nitrogens with one attached hydrogen (secondary N) is 2. The van der Waals surface area contributed by atoms with Crippen molar-refractivity contribution < 1.29 is 9.59 Å². The highest BCUT2D eigenvalue weighted by Crippen LogP contribution is 2.35. The molecule has 2 rings (SSSR count). The number of carbonyl (C=O) groups excluding carboxylic acids is 2. The number of urea groups is 1. The number of hydrogen-bond donors (Lipinski definition) is 3. The average molecular weight is 367 g/mol. The van der Waals surface area contributed by atoms with Crippen LogP contribution in [0.15, 0.2) is 10.2 Å². The quantitative estimate of drug-likeness (QED) is 0.176. The molecule has 0 radical (unpaired) electrons. The summed E-state index contributed by atoms with van der Waals surface area (Å²) in [6, 6.07) is 0.0909. The van der Waals surface area contributed by atoms with E-state index < -0.39 is 11.4 Å². The van der Waals surface area contributed by atoms with Crippen LogP contribution in [0, 0.1) is 0 Å². The second-order valence-corrected chi connectivity index (χ2v) is 7.43. The summed E-state index contributed by atoms with van der Waals surface area (Å²) in [5.41, 5.74) is 21.3. The Morgan fingerprint density at radius 1 is 1.32 bits per heavy atom. The second-order valence-electron chi connectivity index (χ2n) is 6.16. The third-order valence-electron chi connectivity index (χ3n) is 4.62. The van der Waals surface area contributed by atoms with Crippen molar-refractivity contribution in [1.29, 1.82) is 0 Å². The average Bonchev–Trinajstić information content (AvgIpc) is 3.11. The van der Waals surface area contributed by atoms with Crippen molar-refractivity contribution in [1.82, 2.24) is 10.6 Å². The van der Waals surface area contributed by atoms with Crippen LogP contribution in [0.4, 0.5) is 4.79 Å². The standard InChI is InChI=1S/C13H21N9O2S/c14-11(23)13(20-22-16,5-2-6-17-21-15)4-1-3-9-10-8(7-25-9)18-12(24)19-10/h8-10H,1-7H2,(H2,14,23)(H2,18,19,24)/t8-,9-,10-,13?/m0/s1. The van der Waals surface area contributed by atoms with Crippen LogP contribution in [0.3, 0.4) is 0 Å². The van der Waals surface area contributed by atoms with Gasteiger partial charge in [-0.2, -0.15) is 11.8 Å². The summed E-state index contributed by atoms with van der Waals surface area (Å²) in [7, 11) is 0. The number of carbonyl (C=O) groups is 2. The van der Waals surface area contributed by atoms with Gasteiger partial charge < -0.3 is 16.4 Å². The number of thioether (sulfide) groups is 1. The Hall–Kier alpha value is -2.29. The van der Waals surface area contributed by atoms with Gasteiger partial charge >= 0.3 is 6.03 Å². The molecule has 25 heavy (non-hydrogen) atoms. The lowest BCUT2D eigenvalue weighted by Crippen LogP contribution is -2.42. The van der Waals surface area contributed by atoms with Crippen LogP contribution in [0.25, 0.3) is 20.9 Å². The number of fused-ring (bicyclic) bond motifs is 1. The van der Waals surface area contributed by atoms with Gasteiger partial charge in [-0.25, -0.2) is 4.79 Å². The van der Waals surface area contributed by atoms with Crippen LogP contribution < -0.4 is 16.4 Å². The molecule has 0 aromatic carbocycles. The van der Waals surface area contributed by atoms with Crippen LogP contribution in [-0.4, -0.2) is 47.1 Å². The van der Waals surface area contributed by atoms with Crippen molar-refractivity contribution in [2.45, 2.75) is 55.0 Å². The van der Waals surface area contributed by atoms with Crippen molar-refractivity contribution in [3.63, 3.8) is 0 Å². The van der Waals surface area contributed by atoms with E-state index in [0.717, 1.165) is 12.2 Å². The maximum Gasteiger partial charge on any atom is 0.315 e. The Labute approximate surface area is 148 Å². The highest BCUT2D eigenvalue weighted by Gasteiger charge is 2.43. The van der Waals surface area contributed by atoms with Gasteiger partial charge in [0.25, 0.3) is 0 Å². The molecule has 0 spiro atoms. The van der Waals surface area contributed by atoms with E-state index in [2.05, 4.69) is 30.7 Å². The predicted molar refractivity (Wildman–Crippen MR) is 93.7 cm³/mol. The van der Waals surface area contributed by atoms with Crippen LogP contribution in [-0.2, 0) is 4.79 Å². The number of nitrogens with two attached hydrogens (primary N) is 1. The molecular weight excluding hydrogens is 346 g/mol. The van der Waals surface area contributed by atoms with Gasteiger partial charge in [-0.15, -0.1) is 0 Å². The van der Waals surface area contributed by atoms with Crippen molar-refractivity contribution in [3.05, 3.63) is 20.9 Å². The Balaban J connectivity index is 1.92. The van der Waals surface area contributed by atoms with Crippen LogP contribution in [0.2, 0.25) is 0 Å². The fraction of sp³-hybridized carbons (Fsp3) is 0.846. The molecule has 0 aromatic heterocycles. The van der Waals surface area contributed by atoms with Gasteiger partial charge in [0.2, 0.25) is 5.91 Å². The van der Waals surface area contributed by atoms with E-state index in [9.17, 15) is 9.59 Å². The van der Waals surface area contributed by atoms with Gasteiger partial charge in [0.05, 0.1) is 12.1 Å². The van der Waals surface area contributed by atoms with Gasteiger partial charge in [0.15, 0.2) is 0 Å². The lowest BCUT2D eigenvalue weighted by molar-refractivity contribution is -0.123. The molecule has 0 saturated carbocycles. The number of primary amides is 1. The van der Waals surface area contributed by atoms with Crippen molar-refractivity contribution >= 4 is 23.7 Å². The van der Waals surface area contributed by atoms with E-state index in [1.165, 1.54) is 0 Å². The third kappa shape index (κ3) is 4.62. The smallest absolute Gasteiger partial charge is 0.315 e. The Morgan fingerprint density at radius 3 is 2.76 bits per heavy atom. The minimum Gasteiger partial charge on any atom is -0.369 e. The number of amides is 3. The first-order chi connectivity index (χ1) is 12.0. The first-order valence-corrected chi connectivity index (χ1v) is 9.13. The molecule has 1 unspecified atom stereocenters. The van der Waals surface area contributed by atoms with Gasteiger partial charge in [-0.05, 0) is 36.7 Å². The van der Waals surface area contributed by atoms with Gasteiger partial charge in [-0.3, -0.25) is 4.79 Å². The molecular formula is C13H21N9O2S. The summed E-state index contributed by atoms with van der Waals surface area (Å²) in [5, 5.41) is 13.2. The molecule has 136 valence electrons. The minimum absolute atomic E-state index is 0.0879. The lowest BCUT2D eigenvalue weighted by atomic mass is 9.87. The molecule has 2 fully saturated rings. The Kier molecular flexibility index (Phi) is 6.63. The summed E-state index contributed by atoms with van der Waals surface area (Å²) < 4.78 is 0. The predicted octanol–water partition coefficient (Wildman–Crippen LogP) is 1.95. The number of nitrogens with zero attached hydrogens (tertiary/aromatic N) is 6. The largest absolute Gasteiger partial charge is 0.369 e. The molecule has 2 heterocycles. The highest BCUT2D eigenvalue weighted by molar-refractivity contribution is 8.00. The third-order valence-corrected chi connectivity index (χ3v) is 6.13. The molecule has 0 bridgehead atoms. The van der Waals surface area contributed by atoms with Crippen molar-refractivity contribution in [3.8, 4) is 0 Å². The number of rotatable bonds is 10. The van der Waals surface area contributed by atoms with Gasteiger partial charge in [-0.1, -0.05) is 16.6 Å². The summed E-state index contributed by atoms with van der Waals surface area (Å²) in [6.07, 6.45) is 2.40. The molecule has 2 aliphatic rings. The molecule has 11 nitrogen and oxygen atoms in total. The van der Waals surface area contributed by atoms with Gasteiger partial charge in [0, 0.05) is 27.4 Å². The van der Waals surface area contributed by atoms with Crippen LogP contribution >= 0.6 is 11.8 Å². The molecule has 3 amide bonds. The van der Waals surface area contributed by atoms with E-state index in [1.54, 1.807) is 11.8 Å². The normalized spacial score (nSPS) is 26.4. The zero-order valence-electron chi connectivity index (χ0n) is 13.7. The summed E-state index contributed by atoms with van der Waals surface area (Å²) in [5.74, 6) is 0.191. The molecule has 4 atom stereocenters. The SMILES string of the molecule is [N-]=[N+]=NCCCC(CCC[C@@H]1SC[C@@H]2NC(=O)N[C@@H]21)(N=[N+]=[N-])C(N)=O. The number of hydrogen-bond acceptors (Lipinski definition) is 5. The molecule has 0 aromatic rings. The first-order valence-electron chi connectivity index (χ1n) is 8.08. The lowest BCUT2D eigenvalue weighted by Gasteiger charge is -2.26. The monoisotopic (exact) mass is 367 g/mol. The van der Waals surface area contributed by atoms with Crippen LogP contribution in [0.5, 0.6) is 0 Å². The topological polar surface area (TPSA) is 182 Å². The molecule has 0 aliphatic carbocycles. The summed E-state index contributed by atoms with van der Waals surface area (Å²) in [6.45, 7) is 0.215. The van der Waals surface area contributed by atoms with E-state index in [0.29, 0.717) is 19.3 Å². The molecule has 4 N–H and O–H groups in total. The maximum atomic E-state index is 11.9. The molecule has 12 heteroatoms. The van der Waals surface area contributed by atoms with Gasteiger partial charge in [0.1, 0.15) is 5.54 Å². The summed E-state index contributed by atoms with van der Waals surface area (Å²) in [4.78, 5) is 28.8. The van der Waals surface area contributed by atoms with Crippen molar-refractivity contribution in [2.75, 3.05) is 12.3 Å². The van der Waals surface area contributed by atoms with E-state index in [1.807, 2.05) is 0 Å². The zero-order chi connectivity index (χ0) is 18.3. The molecule has 2 saturated heterocycles. The van der Waals surface area contributed by atoms with Crippen LogP contribution in [0.1, 0.15) is 32.1 Å².